The normalized spacial score (nSPS) is 14.9. The predicted octanol–water partition coefficient (Wildman–Crippen LogP) is 3.98. The van der Waals surface area contributed by atoms with Crippen molar-refractivity contribution in [2.75, 3.05) is 26.6 Å². The molecule has 3 aromatic rings. The topological polar surface area (TPSA) is 99.6 Å². The summed E-state index contributed by atoms with van der Waals surface area (Å²) in [5, 5.41) is 2.72. The lowest BCUT2D eigenvalue weighted by molar-refractivity contribution is 0.0962. The van der Waals surface area contributed by atoms with Gasteiger partial charge in [-0.2, -0.15) is 0 Å². The van der Waals surface area contributed by atoms with Crippen molar-refractivity contribution in [2.45, 2.75) is 25.7 Å². The van der Waals surface area contributed by atoms with Crippen LogP contribution in [0.4, 0.5) is 5.95 Å². The fraction of sp³-hybridized carbons (Fsp3) is 0.280. The first-order chi connectivity index (χ1) is 15.9. The summed E-state index contributed by atoms with van der Waals surface area (Å²) < 4.78 is 16.3. The molecule has 0 radical (unpaired) electrons. The van der Waals surface area contributed by atoms with E-state index in [1.54, 1.807) is 33.5 Å². The molecule has 33 heavy (non-hydrogen) atoms. The Labute approximate surface area is 191 Å². The minimum absolute atomic E-state index is 0.0496. The maximum atomic E-state index is 12.8. The summed E-state index contributed by atoms with van der Waals surface area (Å²) >= 11 is 0. The standard InChI is InChI=1S/C25H25N3O5/c1-14-5-7-15(8-6-14)24(30)28-25-26-13-18-19(27-25)9-16(10-20(18)29)17-11-21(31-2)23(33-4)22(12-17)32-3/h5-8,11-13,16H,9-10H2,1-4H3,(H,26,27,28,30)/t16-/m1/s1. The zero-order chi connectivity index (χ0) is 23.5. The second kappa shape index (κ2) is 9.28. The van der Waals surface area contributed by atoms with Gasteiger partial charge in [0.15, 0.2) is 17.3 Å². The molecule has 170 valence electrons. The van der Waals surface area contributed by atoms with Gasteiger partial charge in [-0.15, -0.1) is 0 Å². The van der Waals surface area contributed by atoms with Crippen LogP contribution in [0.1, 0.15) is 49.9 Å². The molecule has 0 saturated carbocycles. The number of nitrogens with one attached hydrogen (secondary N) is 1. The lowest BCUT2D eigenvalue weighted by Gasteiger charge is -2.24. The number of ether oxygens (including phenoxy) is 3. The molecule has 0 fully saturated rings. The Hall–Kier alpha value is -3.94. The van der Waals surface area contributed by atoms with E-state index in [0.717, 1.165) is 11.1 Å². The van der Waals surface area contributed by atoms with E-state index in [0.29, 0.717) is 46.9 Å². The highest BCUT2D eigenvalue weighted by Gasteiger charge is 2.30. The van der Waals surface area contributed by atoms with E-state index in [-0.39, 0.29) is 23.6 Å². The number of carbonyl (C=O) groups excluding carboxylic acids is 2. The number of fused-ring (bicyclic) bond motifs is 1. The number of nitrogens with zero attached hydrogens (tertiary/aromatic N) is 2. The second-order valence-corrected chi connectivity index (χ2v) is 7.86. The van der Waals surface area contributed by atoms with E-state index < -0.39 is 0 Å². The molecule has 0 aliphatic heterocycles. The summed E-state index contributed by atoms with van der Waals surface area (Å²) in [6.45, 7) is 1.95. The zero-order valence-electron chi connectivity index (χ0n) is 19.0. The summed E-state index contributed by atoms with van der Waals surface area (Å²) in [5.41, 5.74) is 3.53. The summed E-state index contributed by atoms with van der Waals surface area (Å²) in [5.74, 6) is 1.23. The smallest absolute Gasteiger partial charge is 0.258 e. The lowest BCUT2D eigenvalue weighted by atomic mass is 9.82. The molecule has 1 aliphatic rings. The van der Waals surface area contributed by atoms with Crippen molar-refractivity contribution in [3.63, 3.8) is 0 Å². The van der Waals surface area contributed by atoms with Gasteiger partial charge in [-0.1, -0.05) is 17.7 Å². The number of carbonyl (C=O) groups is 2. The number of ketones is 1. The van der Waals surface area contributed by atoms with Crippen molar-refractivity contribution in [3.8, 4) is 17.2 Å². The molecule has 0 saturated heterocycles. The molecule has 0 bridgehead atoms. The van der Waals surface area contributed by atoms with Crippen LogP contribution in [0, 0.1) is 6.92 Å². The fourth-order valence-electron chi connectivity index (χ4n) is 3.96. The molecule has 1 atom stereocenters. The summed E-state index contributed by atoms with van der Waals surface area (Å²) in [6, 6.07) is 10.9. The van der Waals surface area contributed by atoms with Gasteiger partial charge in [0.25, 0.3) is 5.91 Å². The fourth-order valence-corrected chi connectivity index (χ4v) is 3.96. The Bertz CT molecular complexity index is 1180. The second-order valence-electron chi connectivity index (χ2n) is 7.86. The Morgan fingerprint density at radius 1 is 1.00 bits per heavy atom. The van der Waals surface area contributed by atoms with Gasteiger partial charge in [0.1, 0.15) is 0 Å². The molecule has 0 unspecified atom stereocenters. The van der Waals surface area contributed by atoms with Gasteiger partial charge < -0.3 is 14.2 Å². The van der Waals surface area contributed by atoms with Gasteiger partial charge in [0, 0.05) is 18.2 Å². The van der Waals surface area contributed by atoms with Crippen molar-refractivity contribution in [1.82, 2.24) is 9.97 Å². The molecule has 2 aromatic carbocycles. The number of benzene rings is 2. The molecular formula is C25H25N3O5. The average molecular weight is 447 g/mol. The molecule has 1 heterocycles. The quantitative estimate of drug-likeness (QED) is 0.610. The molecule has 1 aromatic heterocycles. The first kappa shape index (κ1) is 22.3. The van der Waals surface area contributed by atoms with Crippen molar-refractivity contribution in [2.24, 2.45) is 0 Å². The third kappa shape index (κ3) is 4.50. The van der Waals surface area contributed by atoms with Crippen LogP contribution in [0.2, 0.25) is 0 Å². The molecule has 1 amide bonds. The molecule has 8 nitrogen and oxygen atoms in total. The maximum Gasteiger partial charge on any atom is 0.258 e. The van der Waals surface area contributed by atoms with Gasteiger partial charge in [-0.3, -0.25) is 14.9 Å². The van der Waals surface area contributed by atoms with Crippen molar-refractivity contribution in [3.05, 3.63) is 70.5 Å². The van der Waals surface area contributed by atoms with Gasteiger partial charge in [0.05, 0.1) is 32.6 Å². The highest BCUT2D eigenvalue weighted by Crippen LogP contribution is 2.42. The largest absolute Gasteiger partial charge is 0.493 e. The summed E-state index contributed by atoms with van der Waals surface area (Å²) in [7, 11) is 4.65. The van der Waals surface area contributed by atoms with E-state index in [2.05, 4.69) is 15.3 Å². The number of Topliss-reactive ketones (excluding diaryl/α,β-unsaturated/α-hetero) is 1. The van der Waals surface area contributed by atoms with Gasteiger partial charge >= 0.3 is 0 Å². The first-order valence-electron chi connectivity index (χ1n) is 10.5. The molecule has 4 rings (SSSR count). The van der Waals surface area contributed by atoms with E-state index in [1.165, 1.54) is 6.20 Å². The van der Waals surface area contributed by atoms with Crippen LogP contribution in [0.15, 0.2) is 42.6 Å². The monoisotopic (exact) mass is 447 g/mol. The predicted molar refractivity (Wildman–Crippen MR) is 123 cm³/mol. The number of hydrogen-bond donors (Lipinski definition) is 1. The van der Waals surface area contributed by atoms with E-state index >= 15 is 0 Å². The third-order valence-electron chi connectivity index (χ3n) is 5.74. The minimum atomic E-state index is -0.307. The SMILES string of the molecule is COc1cc([C@H]2CC(=O)c3cnc(NC(=O)c4ccc(C)cc4)nc3C2)cc(OC)c1OC. The molecule has 8 heteroatoms. The van der Waals surface area contributed by atoms with Crippen LogP contribution < -0.4 is 19.5 Å². The van der Waals surface area contributed by atoms with E-state index in [9.17, 15) is 9.59 Å². The lowest BCUT2D eigenvalue weighted by Crippen LogP contribution is -2.22. The van der Waals surface area contributed by atoms with Crippen LogP contribution >= 0.6 is 0 Å². The Kier molecular flexibility index (Phi) is 6.26. The number of rotatable bonds is 6. The van der Waals surface area contributed by atoms with Crippen LogP contribution in [-0.2, 0) is 6.42 Å². The van der Waals surface area contributed by atoms with Gasteiger partial charge in [-0.25, -0.2) is 9.97 Å². The zero-order valence-corrected chi connectivity index (χ0v) is 19.0. The van der Waals surface area contributed by atoms with Crippen LogP contribution in [0.3, 0.4) is 0 Å². The number of anilines is 1. The number of methoxy groups -OCH3 is 3. The van der Waals surface area contributed by atoms with Crippen LogP contribution in [-0.4, -0.2) is 43.0 Å². The van der Waals surface area contributed by atoms with Crippen LogP contribution in [0.25, 0.3) is 0 Å². The highest BCUT2D eigenvalue weighted by atomic mass is 16.5. The van der Waals surface area contributed by atoms with Crippen LogP contribution in [0.5, 0.6) is 17.2 Å². The molecular weight excluding hydrogens is 422 g/mol. The number of aryl methyl sites for hydroxylation is 1. The third-order valence-corrected chi connectivity index (χ3v) is 5.74. The minimum Gasteiger partial charge on any atom is -0.493 e. The van der Waals surface area contributed by atoms with E-state index in [1.807, 2.05) is 31.2 Å². The Balaban J connectivity index is 1.61. The average Bonchev–Trinajstić information content (AvgIpc) is 2.83. The van der Waals surface area contributed by atoms with Crippen molar-refractivity contribution < 1.29 is 23.8 Å². The molecule has 1 N–H and O–H groups in total. The first-order valence-corrected chi connectivity index (χ1v) is 10.5. The maximum absolute atomic E-state index is 12.8. The number of hydrogen-bond acceptors (Lipinski definition) is 7. The Morgan fingerprint density at radius 3 is 2.27 bits per heavy atom. The van der Waals surface area contributed by atoms with Crippen molar-refractivity contribution >= 4 is 17.6 Å². The van der Waals surface area contributed by atoms with Gasteiger partial charge in [-0.05, 0) is 49.1 Å². The summed E-state index contributed by atoms with van der Waals surface area (Å²) in [6.07, 6.45) is 2.31. The molecule has 1 aliphatic carbocycles. The number of amides is 1. The Morgan fingerprint density at radius 2 is 1.67 bits per heavy atom. The summed E-state index contributed by atoms with van der Waals surface area (Å²) in [4.78, 5) is 34.1. The highest BCUT2D eigenvalue weighted by molar-refractivity contribution is 6.03. The number of aromatic nitrogens is 2. The molecule has 0 spiro atoms. The van der Waals surface area contributed by atoms with Crippen molar-refractivity contribution in [1.29, 1.82) is 0 Å². The van der Waals surface area contributed by atoms with Gasteiger partial charge in [0.2, 0.25) is 11.7 Å². The van der Waals surface area contributed by atoms with E-state index in [4.69, 9.17) is 14.2 Å².